The fourth-order valence-corrected chi connectivity index (χ4v) is 1.84. The highest BCUT2D eigenvalue weighted by Gasteiger charge is 2.01. The molecule has 0 unspecified atom stereocenters. The number of allylic oxidation sites excluding steroid dienone is 2. The minimum absolute atomic E-state index is 0.279. The van der Waals surface area contributed by atoms with Gasteiger partial charge in [0.15, 0.2) is 0 Å². The Kier molecular flexibility index (Phi) is 11.7. The van der Waals surface area contributed by atoms with Crippen molar-refractivity contribution in [1.29, 1.82) is 0 Å². The van der Waals surface area contributed by atoms with E-state index in [1.165, 1.54) is 18.4 Å². The standard InChI is InChI=1S/C16H30O3/c1-14(2)8-7-9-15(3)11-13-19-12-6-4-5-10-16(17)18/h8,15H,4-7,9-13H2,1-3H3,(H,17,18)/t15-/m0/s1. The highest BCUT2D eigenvalue weighted by molar-refractivity contribution is 5.66. The van der Waals surface area contributed by atoms with E-state index < -0.39 is 5.97 Å². The van der Waals surface area contributed by atoms with Gasteiger partial charge in [-0.05, 0) is 51.9 Å². The van der Waals surface area contributed by atoms with E-state index in [1.807, 2.05) is 0 Å². The van der Waals surface area contributed by atoms with Crippen LogP contribution in [0.15, 0.2) is 11.6 Å². The van der Waals surface area contributed by atoms with Crippen LogP contribution < -0.4 is 0 Å². The van der Waals surface area contributed by atoms with E-state index in [0.29, 0.717) is 5.92 Å². The van der Waals surface area contributed by atoms with Gasteiger partial charge in [-0.3, -0.25) is 4.79 Å². The van der Waals surface area contributed by atoms with Gasteiger partial charge in [0, 0.05) is 19.6 Å². The molecule has 3 heteroatoms. The molecule has 0 rings (SSSR count). The van der Waals surface area contributed by atoms with Gasteiger partial charge in [0.25, 0.3) is 0 Å². The van der Waals surface area contributed by atoms with Gasteiger partial charge in [0.05, 0.1) is 0 Å². The topological polar surface area (TPSA) is 46.5 Å². The van der Waals surface area contributed by atoms with Crippen molar-refractivity contribution >= 4 is 5.97 Å². The summed E-state index contributed by atoms with van der Waals surface area (Å²) in [6.07, 6.45) is 8.76. The van der Waals surface area contributed by atoms with E-state index in [4.69, 9.17) is 9.84 Å². The average molecular weight is 270 g/mol. The molecule has 0 saturated carbocycles. The number of ether oxygens (including phenoxy) is 1. The summed E-state index contributed by atoms with van der Waals surface area (Å²) < 4.78 is 5.58. The number of hydrogen-bond acceptors (Lipinski definition) is 2. The van der Waals surface area contributed by atoms with Crippen LogP contribution in [0, 0.1) is 5.92 Å². The largest absolute Gasteiger partial charge is 0.481 e. The molecule has 0 aromatic heterocycles. The second-order valence-electron chi connectivity index (χ2n) is 5.57. The van der Waals surface area contributed by atoms with Gasteiger partial charge in [-0.25, -0.2) is 0 Å². The van der Waals surface area contributed by atoms with E-state index in [-0.39, 0.29) is 6.42 Å². The first-order valence-electron chi connectivity index (χ1n) is 7.45. The first-order valence-corrected chi connectivity index (χ1v) is 7.45. The van der Waals surface area contributed by atoms with Crippen molar-refractivity contribution in [3.8, 4) is 0 Å². The maximum Gasteiger partial charge on any atom is 0.303 e. The molecule has 0 saturated heterocycles. The first kappa shape index (κ1) is 18.2. The van der Waals surface area contributed by atoms with Crippen molar-refractivity contribution in [2.45, 2.75) is 65.7 Å². The number of unbranched alkanes of at least 4 members (excludes halogenated alkanes) is 2. The normalized spacial score (nSPS) is 12.2. The summed E-state index contributed by atoms with van der Waals surface area (Å²) in [5.74, 6) is 0.00807. The molecule has 0 fully saturated rings. The molecular formula is C16H30O3. The summed E-state index contributed by atoms with van der Waals surface area (Å²) in [4.78, 5) is 10.3. The molecule has 1 N–H and O–H groups in total. The highest BCUT2D eigenvalue weighted by Crippen LogP contribution is 2.12. The van der Waals surface area contributed by atoms with E-state index in [2.05, 4.69) is 26.8 Å². The number of carboxylic acids is 1. The van der Waals surface area contributed by atoms with Crippen molar-refractivity contribution < 1.29 is 14.6 Å². The molecule has 112 valence electrons. The SMILES string of the molecule is CC(C)=CCC[C@H](C)CCOCCCCCC(=O)O. The van der Waals surface area contributed by atoms with Gasteiger partial charge in [-0.1, -0.05) is 25.0 Å². The maximum absolute atomic E-state index is 10.3. The van der Waals surface area contributed by atoms with E-state index in [0.717, 1.165) is 38.9 Å². The van der Waals surface area contributed by atoms with Crippen molar-refractivity contribution in [3.63, 3.8) is 0 Å². The summed E-state index contributed by atoms with van der Waals surface area (Å²) in [7, 11) is 0. The quantitative estimate of drug-likeness (QED) is 0.422. The maximum atomic E-state index is 10.3. The number of rotatable bonds is 12. The third-order valence-corrected chi connectivity index (χ3v) is 3.15. The predicted molar refractivity (Wildman–Crippen MR) is 79.4 cm³/mol. The van der Waals surface area contributed by atoms with Crippen molar-refractivity contribution in [1.82, 2.24) is 0 Å². The van der Waals surface area contributed by atoms with Crippen LogP contribution in [0.1, 0.15) is 65.7 Å². The summed E-state index contributed by atoms with van der Waals surface area (Å²) in [6, 6.07) is 0. The van der Waals surface area contributed by atoms with Crippen LogP contribution in [0.3, 0.4) is 0 Å². The lowest BCUT2D eigenvalue weighted by atomic mass is 10.0. The number of carbonyl (C=O) groups is 1. The van der Waals surface area contributed by atoms with Crippen LogP contribution in [0.2, 0.25) is 0 Å². The number of carboxylic acid groups (broad SMARTS) is 1. The Morgan fingerprint density at radius 1 is 1.16 bits per heavy atom. The average Bonchev–Trinajstić information content (AvgIpc) is 2.31. The number of aliphatic carboxylic acids is 1. The van der Waals surface area contributed by atoms with Gasteiger partial charge in [-0.15, -0.1) is 0 Å². The highest BCUT2D eigenvalue weighted by atomic mass is 16.5. The Labute approximate surface area is 118 Å². The Morgan fingerprint density at radius 3 is 2.53 bits per heavy atom. The molecule has 0 aliphatic carbocycles. The van der Waals surface area contributed by atoms with Crippen molar-refractivity contribution in [3.05, 3.63) is 11.6 Å². The third-order valence-electron chi connectivity index (χ3n) is 3.15. The second kappa shape index (κ2) is 12.2. The molecule has 0 aliphatic rings. The molecule has 19 heavy (non-hydrogen) atoms. The van der Waals surface area contributed by atoms with Gasteiger partial charge < -0.3 is 9.84 Å². The van der Waals surface area contributed by atoms with Gasteiger partial charge in [-0.2, -0.15) is 0 Å². The van der Waals surface area contributed by atoms with Crippen LogP contribution >= 0.6 is 0 Å². The first-order chi connectivity index (χ1) is 9.02. The molecule has 0 aromatic carbocycles. The molecule has 0 amide bonds. The molecule has 0 bridgehead atoms. The zero-order valence-corrected chi connectivity index (χ0v) is 12.8. The van der Waals surface area contributed by atoms with Gasteiger partial charge in [0.2, 0.25) is 0 Å². The monoisotopic (exact) mass is 270 g/mol. The van der Waals surface area contributed by atoms with E-state index >= 15 is 0 Å². The molecule has 0 aromatic rings. The lowest BCUT2D eigenvalue weighted by Crippen LogP contribution is -2.03. The second-order valence-corrected chi connectivity index (χ2v) is 5.57. The molecule has 0 radical (unpaired) electrons. The fourth-order valence-electron chi connectivity index (χ4n) is 1.84. The van der Waals surface area contributed by atoms with Gasteiger partial charge in [0.1, 0.15) is 0 Å². The molecular weight excluding hydrogens is 240 g/mol. The Bertz CT molecular complexity index is 255. The summed E-state index contributed by atoms with van der Waals surface area (Å²) in [5, 5.41) is 8.49. The smallest absolute Gasteiger partial charge is 0.303 e. The zero-order chi connectivity index (χ0) is 14.5. The lowest BCUT2D eigenvalue weighted by molar-refractivity contribution is -0.137. The molecule has 3 nitrogen and oxygen atoms in total. The predicted octanol–water partition coefficient (Wildman–Crippen LogP) is 4.42. The molecule has 0 spiro atoms. The molecule has 0 aliphatic heterocycles. The fraction of sp³-hybridized carbons (Fsp3) is 0.812. The van der Waals surface area contributed by atoms with Crippen LogP contribution in [0.4, 0.5) is 0 Å². The lowest BCUT2D eigenvalue weighted by Gasteiger charge is -2.10. The minimum atomic E-state index is -0.703. The summed E-state index contributed by atoms with van der Waals surface area (Å²) in [6.45, 7) is 8.14. The number of hydrogen-bond donors (Lipinski definition) is 1. The Hall–Kier alpha value is -0.830. The van der Waals surface area contributed by atoms with E-state index in [9.17, 15) is 4.79 Å². The molecule has 1 atom stereocenters. The van der Waals surface area contributed by atoms with Crippen LogP contribution in [-0.2, 0) is 9.53 Å². The summed E-state index contributed by atoms with van der Waals surface area (Å²) in [5.41, 5.74) is 1.39. The van der Waals surface area contributed by atoms with Crippen molar-refractivity contribution in [2.75, 3.05) is 13.2 Å². The minimum Gasteiger partial charge on any atom is -0.481 e. The third kappa shape index (κ3) is 15.1. The van der Waals surface area contributed by atoms with Crippen molar-refractivity contribution in [2.24, 2.45) is 5.92 Å². The van der Waals surface area contributed by atoms with Crippen LogP contribution in [0.5, 0.6) is 0 Å². The Balaban J connectivity index is 3.25. The van der Waals surface area contributed by atoms with Crippen LogP contribution in [0.25, 0.3) is 0 Å². The Morgan fingerprint density at radius 2 is 1.89 bits per heavy atom. The van der Waals surface area contributed by atoms with E-state index in [1.54, 1.807) is 0 Å². The van der Waals surface area contributed by atoms with Gasteiger partial charge >= 0.3 is 5.97 Å². The molecule has 0 heterocycles. The summed E-state index contributed by atoms with van der Waals surface area (Å²) >= 11 is 0. The van der Waals surface area contributed by atoms with Crippen LogP contribution in [-0.4, -0.2) is 24.3 Å². The zero-order valence-electron chi connectivity index (χ0n) is 12.8.